The molecule has 3 aromatic carbocycles. The van der Waals surface area contributed by atoms with Crippen molar-refractivity contribution in [2.24, 2.45) is 0 Å². The zero-order valence-electron chi connectivity index (χ0n) is 24.3. The van der Waals surface area contributed by atoms with E-state index in [1.807, 2.05) is 30.3 Å². The Kier molecular flexibility index (Phi) is 8.63. The molecule has 4 nitrogen and oxygen atoms in total. The molecule has 0 saturated carbocycles. The van der Waals surface area contributed by atoms with E-state index in [2.05, 4.69) is 57.3 Å². The minimum atomic E-state index is -0.656. The van der Waals surface area contributed by atoms with Crippen LogP contribution < -0.4 is 10.2 Å². The molecule has 0 fully saturated rings. The van der Waals surface area contributed by atoms with Gasteiger partial charge in [-0.1, -0.05) is 106 Å². The van der Waals surface area contributed by atoms with Gasteiger partial charge in [0.25, 0.3) is 0 Å². The average Bonchev–Trinajstić information content (AvgIpc) is 3.07. The van der Waals surface area contributed by atoms with Gasteiger partial charge in [0.2, 0.25) is 5.91 Å². The van der Waals surface area contributed by atoms with Gasteiger partial charge < -0.3 is 5.32 Å². The monoisotopic (exact) mass is 588 g/mol. The van der Waals surface area contributed by atoms with E-state index in [0.717, 1.165) is 41.9 Å². The highest BCUT2D eigenvalue weighted by Crippen LogP contribution is 2.49. The fourth-order valence-corrected chi connectivity index (χ4v) is 6.53. The Hall–Kier alpha value is -3.08. The minimum Gasteiger partial charge on any atom is -0.357 e. The lowest BCUT2D eigenvalue weighted by atomic mass is 9.77. The largest absolute Gasteiger partial charge is 0.357 e. The van der Waals surface area contributed by atoms with E-state index in [9.17, 15) is 9.59 Å². The van der Waals surface area contributed by atoms with Gasteiger partial charge in [0.1, 0.15) is 0 Å². The lowest BCUT2D eigenvalue weighted by Crippen LogP contribution is -2.38. The highest BCUT2D eigenvalue weighted by molar-refractivity contribution is 6.35. The standard InChI is InChI=1S/C35H38Cl2N2O2/c1-5-6-7-12-32(41)39-30-11-9-8-10-28(30)38-29-19-23(22-13-15-24(16-14-22)35(2,3)4)20-31(40)33(29)34(39)26-18-17-25(36)21-27(26)37/h8-11,13-18,21,23,34,38H,5-7,12,19-20H2,1-4H3/t23-,34+/m0/s1. The number of hydrogen-bond donors (Lipinski definition) is 1. The van der Waals surface area contributed by atoms with Crippen LogP contribution in [-0.4, -0.2) is 11.7 Å². The van der Waals surface area contributed by atoms with E-state index < -0.39 is 6.04 Å². The van der Waals surface area contributed by atoms with Gasteiger partial charge in [-0.15, -0.1) is 0 Å². The number of fused-ring (bicyclic) bond motifs is 1. The number of para-hydroxylation sites is 2. The van der Waals surface area contributed by atoms with E-state index in [1.54, 1.807) is 17.0 Å². The third kappa shape index (κ3) is 6.10. The van der Waals surface area contributed by atoms with Crippen molar-refractivity contribution in [2.75, 3.05) is 10.2 Å². The summed E-state index contributed by atoms with van der Waals surface area (Å²) in [6.45, 7) is 8.73. The fraction of sp³-hybridized carbons (Fsp3) is 0.371. The van der Waals surface area contributed by atoms with Gasteiger partial charge >= 0.3 is 0 Å². The van der Waals surface area contributed by atoms with E-state index in [-0.39, 0.29) is 23.0 Å². The molecule has 2 atom stereocenters. The number of rotatable bonds is 6. The maximum Gasteiger partial charge on any atom is 0.227 e. The molecule has 6 heteroatoms. The first kappa shape index (κ1) is 29.4. The zero-order valence-corrected chi connectivity index (χ0v) is 25.8. The predicted octanol–water partition coefficient (Wildman–Crippen LogP) is 9.77. The number of carbonyl (C=O) groups is 2. The first-order valence-electron chi connectivity index (χ1n) is 14.6. The van der Waals surface area contributed by atoms with Crippen LogP contribution in [0.3, 0.4) is 0 Å². The average molecular weight is 590 g/mol. The van der Waals surface area contributed by atoms with E-state index in [1.165, 1.54) is 5.56 Å². The van der Waals surface area contributed by atoms with Crippen LogP contribution in [-0.2, 0) is 15.0 Å². The highest BCUT2D eigenvalue weighted by atomic mass is 35.5. The molecule has 41 heavy (non-hydrogen) atoms. The molecular weight excluding hydrogens is 551 g/mol. The van der Waals surface area contributed by atoms with Crippen LogP contribution in [0.2, 0.25) is 10.0 Å². The highest BCUT2D eigenvalue weighted by Gasteiger charge is 2.42. The Labute approximate surface area is 253 Å². The van der Waals surface area contributed by atoms with Gasteiger partial charge in [0.15, 0.2) is 5.78 Å². The molecule has 0 saturated heterocycles. The van der Waals surface area contributed by atoms with Crippen LogP contribution in [0.5, 0.6) is 0 Å². The lowest BCUT2D eigenvalue weighted by Gasteiger charge is -2.35. The van der Waals surface area contributed by atoms with Gasteiger partial charge in [-0.05, 0) is 65.1 Å². The second-order valence-electron chi connectivity index (χ2n) is 12.2. The summed E-state index contributed by atoms with van der Waals surface area (Å²) >= 11 is 13.1. The Balaban J connectivity index is 1.64. The number of benzene rings is 3. The first-order valence-corrected chi connectivity index (χ1v) is 15.3. The van der Waals surface area contributed by atoms with Crippen molar-refractivity contribution in [2.45, 2.75) is 83.6 Å². The van der Waals surface area contributed by atoms with Gasteiger partial charge in [0.05, 0.1) is 17.4 Å². The smallest absolute Gasteiger partial charge is 0.227 e. The molecule has 3 aromatic rings. The Bertz CT molecular complexity index is 1490. The summed E-state index contributed by atoms with van der Waals surface area (Å²) in [5.41, 5.74) is 6.18. The molecule has 5 rings (SSSR count). The molecule has 2 aliphatic rings. The number of carbonyl (C=O) groups excluding carboxylic acids is 2. The number of halogens is 2. The van der Waals surface area contributed by atoms with Crippen LogP contribution >= 0.6 is 23.2 Å². The van der Waals surface area contributed by atoms with Crippen molar-refractivity contribution >= 4 is 46.3 Å². The van der Waals surface area contributed by atoms with E-state index in [0.29, 0.717) is 40.4 Å². The normalized spacial score (nSPS) is 18.9. The molecule has 1 aliphatic carbocycles. The lowest BCUT2D eigenvalue weighted by molar-refractivity contribution is -0.119. The quantitative estimate of drug-likeness (QED) is 0.291. The molecule has 1 N–H and O–H groups in total. The summed E-state index contributed by atoms with van der Waals surface area (Å²) in [5, 5.41) is 4.55. The summed E-state index contributed by atoms with van der Waals surface area (Å²) in [5.74, 6) is 0.0343. The zero-order chi connectivity index (χ0) is 29.3. The van der Waals surface area contributed by atoms with Gasteiger partial charge in [-0.2, -0.15) is 0 Å². The summed E-state index contributed by atoms with van der Waals surface area (Å²) in [6, 6.07) is 21.1. The third-order valence-electron chi connectivity index (χ3n) is 8.26. The van der Waals surface area contributed by atoms with Gasteiger partial charge in [-0.3, -0.25) is 14.5 Å². The molecule has 214 valence electrons. The first-order chi connectivity index (χ1) is 19.6. The number of Topliss-reactive ketones (excluding diaryl/α,β-unsaturated/α-hetero) is 1. The molecule has 1 heterocycles. The number of amides is 1. The van der Waals surface area contributed by atoms with Crippen LogP contribution in [0.4, 0.5) is 11.4 Å². The van der Waals surface area contributed by atoms with E-state index >= 15 is 0 Å². The van der Waals surface area contributed by atoms with Crippen molar-refractivity contribution in [3.8, 4) is 0 Å². The summed E-state index contributed by atoms with van der Waals surface area (Å²) in [6.07, 6.45) is 4.19. The van der Waals surface area contributed by atoms with Gasteiger partial charge in [0, 0.05) is 34.2 Å². The fourth-order valence-electron chi connectivity index (χ4n) is 6.02. The van der Waals surface area contributed by atoms with Crippen molar-refractivity contribution in [1.82, 2.24) is 0 Å². The predicted molar refractivity (Wildman–Crippen MR) is 170 cm³/mol. The van der Waals surface area contributed by atoms with Crippen molar-refractivity contribution in [3.63, 3.8) is 0 Å². The molecule has 1 aliphatic heterocycles. The number of nitrogens with zero attached hydrogens (tertiary/aromatic N) is 1. The topological polar surface area (TPSA) is 49.4 Å². The van der Waals surface area contributed by atoms with Crippen LogP contribution in [0.1, 0.15) is 94.9 Å². The summed E-state index contributed by atoms with van der Waals surface area (Å²) < 4.78 is 0. The molecule has 0 radical (unpaired) electrons. The number of anilines is 2. The molecule has 0 unspecified atom stereocenters. The number of ketones is 1. The Morgan fingerprint density at radius 2 is 1.71 bits per heavy atom. The maximum atomic E-state index is 14.2. The SMILES string of the molecule is CCCCCC(=O)N1c2ccccc2NC2=C(C(=O)C[C@@H](c3ccc(C(C)(C)C)cc3)C2)[C@H]1c1ccc(Cl)cc1Cl. The Morgan fingerprint density at radius 3 is 2.39 bits per heavy atom. The minimum absolute atomic E-state index is 0.0230. The number of nitrogens with one attached hydrogen (secondary N) is 1. The third-order valence-corrected chi connectivity index (χ3v) is 8.82. The van der Waals surface area contributed by atoms with Crippen LogP contribution in [0, 0.1) is 0 Å². The van der Waals surface area contributed by atoms with Crippen molar-refractivity contribution < 1.29 is 9.59 Å². The molecular formula is C35H38Cl2N2O2. The Morgan fingerprint density at radius 1 is 0.976 bits per heavy atom. The second kappa shape index (κ2) is 12.0. The second-order valence-corrected chi connectivity index (χ2v) is 13.1. The van der Waals surface area contributed by atoms with Crippen molar-refractivity contribution in [1.29, 1.82) is 0 Å². The number of hydrogen-bond acceptors (Lipinski definition) is 3. The number of unbranched alkanes of at least 4 members (excludes halogenated alkanes) is 2. The molecule has 0 aromatic heterocycles. The van der Waals surface area contributed by atoms with Crippen LogP contribution in [0.25, 0.3) is 0 Å². The molecule has 0 bridgehead atoms. The summed E-state index contributed by atoms with van der Waals surface area (Å²) in [7, 11) is 0. The van der Waals surface area contributed by atoms with Crippen LogP contribution in [0.15, 0.2) is 78.0 Å². The molecule has 1 amide bonds. The summed E-state index contributed by atoms with van der Waals surface area (Å²) in [4.78, 5) is 30.1. The maximum absolute atomic E-state index is 14.2. The van der Waals surface area contributed by atoms with Gasteiger partial charge in [-0.25, -0.2) is 0 Å². The van der Waals surface area contributed by atoms with Crippen molar-refractivity contribution in [3.05, 3.63) is 105 Å². The van der Waals surface area contributed by atoms with E-state index in [4.69, 9.17) is 23.2 Å². The number of allylic oxidation sites excluding steroid dienone is 1. The molecule has 0 spiro atoms.